The van der Waals surface area contributed by atoms with E-state index in [2.05, 4.69) is 22.3 Å². The number of amides is 1. The highest BCUT2D eigenvalue weighted by Gasteiger charge is 2.48. The Labute approximate surface area is 120 Å². The van der Waals surface area contributed by atoms with Crippen LogP contribution in [0.3, 0.4) is 0 Å². The van der Waals surface area contributed by atoms with Gasteiger partial charge in [-0.25, -0.2) is 0 Å². The number of hydrogen-bond donors (Lipinski definition) is 2. The first-order valence-electron chi connectivity index (χ1n) is 7.55. The fraction of sp³-hybridized carbons (Fsp3) is 0.562. The Bertz CT molecular complexity index is 473. The highest BCUT2D eigenvalue weighted by Crippen LogP contribution is 2.45. The van der Waals surface area contributed by atoms with Crippen molar-refractivity contribution < 1.29 is 4.79 Å². The fourth-order valence-electron chi connectivity index (χ4n) is 2.83. The van der Waals surface area contributed by atoms with Crippen molar-refractivity contribution >= 4 is 11.6 Å². The Balaban J connectivity index is 1.57. The van der Waals surface area contributed by atoms with E-state index in [-0.39, 0.29) is 11.3 Å². The summed E-state index contributed by atoms with van der Waals surface area (Å²) in [5.74, 6) is 0.0762. The molecule has 108 valence electrons. The molecule has 3 N–H and O–H groups in total. The summed E-state index contributed by atoms with van der Waals surface area (Å²) < 4.78 is 0. The first kappa shape index (κ1) is 13.6. The molecule has 1 aliphatic carbocycles. The molecule has 0 bridgehead atoms. The van der Waals surface area contributed by atoms with E-state index in [1.54, 1.807) is 0 Å². The number of nitrogens with one attached hydrogen (secondary N) is 1. The van der Waals surface area contributed by atoms with Crippen molar-refractivity contribution in [3.63, 3.8) is 0 Å². The smallest absolute Gasteiger partial charge is 0.231 e. The quantitative estimate of drug-likeness (QED) is 0.862. The van der Waals surface area contributed by atoms with Crippen LogP contribution in [-0.2, 0) is 11.3 Å². The van der Waals surface area contributed by atoms with Crippen LogP contribution < -0.4 is 11.1 Å². The van der Waals surface area contributed by atoms with Crippen LogP contribution in [-0.4, -0.2) is 30.4 Å². The second-order valence-electron chi connectivity index (χ2n) is 6.12. The van der Waals surface area contributed by atoms with E-state index in [1.165, 1.54) is 31.5 Å². The van der Waals surface area contributed by atoms with Gasteiger partial charge in [-0.05, 0) is 56.5 Å². The Morgan fingerprint density at radius 3 is 2.40 bits per heavy atom. The van der Waals surface area contributed by atoms with Crippen molar-refractivity contribution in [1.29, 1.82) is 0 Å². The standard InChI is InChI=1S/C16H23N3O/c17-12-16(7-8-16)15(20)18-14-5-3-13(4-6-14)11-19-9-1-2-10-19/h3-6H,1-2,7-12,17H2,(H,18,20). The topological polar surface area (TPSA) is 58.4 Å². The lowest BCUT2D eigenvalue weighted by molar-refractivity contribution is -0.120. The monoisotopic (exact) mass is 273 g/mol. The lowest BCUT2D eigenvalue weighted by atomic mass is 10.1. The fourth-order valence-corrected chi connectivity index (χ4v) is 2.83. The van der Waals surface area contributed by atoms with E-state index in [0.29, 0.717) is 6.54 Å². The summed E-state index contributed by atoms with van der Waals surface area (Å²) in [4.78, 5) is 14.6. The van der Waals surface area contributed by atoms with Gasteiger partial charge in [0.05, 0.1) is 5.41 Å². The van der Waals surface area contributed by atoms with E-state index < -0.39 is 0 Å². The average molecular weight is 273 g/mol. The molecule has 1 aromatic rings. The normalized spacial score (nSPS) is 20.9. The highest BCUT2D eigenvalue weighted by atomic mass is 16.2. The third kappa shape index (κ3) is 2.86. The number of benzene rings is 1. The van der Waals surface area contributed by atoms with Crippen LogP contribution in [0.5, 0.6) is 0 Å². The molecule has 0 spiro atoms. The Hall–Kier alpha value is -1.39. The van der Waals surface area contributed by atoms with Gasteiger partial charge < -0.3 is 11.1 Å². The zero-order chi connectivity index (χ0) is 14.0. The molecular weight excluding hydrogens is 250 g/mol. The summed E-state index contributed by atoms with van der Waals surface area (Å²) >= 11 is 0. The molecule has 1 saturated heterocycles. The van der Waals surface area contributed by atoms with Crippen molar-refractivity contribution in [3.8, 4) is 0 Å². The van der Waals surface area contributed by atoms with Gasteiger partial charge in [0.1, 0.15) is 0 Å². The molecular formula is C16H23N3O. The predicted molar refractivity (Wildman–Crippen MR) is 80.3 cm³/mol. The maximum atomic E-state index is 12.1. The van der Waals surface area contributed by atoms with Gasteiger partial charge in [0.2, 0.25) is 5.91 Å². The van der Waals surface area contributed by atoms with Crippen molar-refractivity contribution in [1.82, 2.24) is 4.90 Å². The van der Waals surface area contributed by atoms with E-state index >= 15 is 0 Å². The van der Waals surface area contributed by atoms with Gasteiger partial charge in [0, 0.05) is 18.8 Å². The lowest BCUT2D eigenvalue weighted by Gasteiger charge is -2.16. The Kier molecular flexibility index (Phi) is 3.76. The molecule has 1 aliphatic heterocycles. The maximum Gasteiger partial charge on any atom is 0.231 e. The molecule has 1 amide bonds. The third-order valence-electron chi connectivity index (χ3n) is 4.54. The van der Waals surface area contributed by atoms with Gasteiger partial charge in [0.15, 0.2) is 0 Å². The minimum atomic E-state index is -0.284. The third-order valence-corrected chi connectivity index (χ3v) is 4.54. The first-order valence-corrected chi connectivity index (χ1v) is 7.55. The van der Waals surface area contributed by atoms with Crippen LogP contribution in [0.4, 0.5) is 5.69 Å². The summed E-state index contributed by atoms with van der Waals surface area (Å²) in [6.45, 7) is 3.88. The van der Waals surface area contributed by atoms with Gasteiger partial charge in [-0.15, -0.1) is 0 Å². The molecule has 4 nitrogen and oxygen atoms in total. The van der Waals surface area contributed by atoms with Crippen LogP contribution in [0.2, 0.25) is 0 Å². The van der Waals surface area contributed by atoms with Crippen LogP contribution in [0.15, 0.2) is 24.3 Å². The molecule has 0 unspecified atom stereocenters. The van der Waals surface area contributed by atoms with Crippen LogP contribution in [0, 0.1) is 5.41 Å². The summed E-state index contributed by atoms with van der Waals surface area (Å²) in [6.07, 6.45) is 4.47. The molecule has 1 aromatic carbocycles. The predicted octanol–water partition coefficient (Wildman–Crippen LogP) is 1.96. The van der Waals surface area contributed by atoms with Crippen molar-refractivity contribution in [3.05, 3.63) is 29.8 Å². The van der Waals surface area contributed by atoms with Crippen LogP contribution in [0.1, 0.15) is 31.2 Å². The number of hydrogen-bond acceptors (Lipinski definition) is 3. The van der Waals surface area contributed by atoms with Gasteiger partial charge >= 0.3 is 0 Å². The summed E-state index contributed by atoms with van der Waals surface area (Å²) in [6, 6.07) is 8.21. The molecule has 4 heteroatoms. The largest absolute Gasteiger partial charge is 0.329 e. The maximum absolute atomic E-state index is 12.1. The number of carbonyl (C=O) groups excluding carboxylic acids is 1. The van der Waals surface area contributed by atoms with Crippen LogP contribution >= 0.6 is 0 Å². The second kappa shape index (κ2) is 5.54. The Morgan fingerprint density at radius 2 is 1.85 bits per heavy atom. The summed E-state index contributed by atoms with van der Waals surface area (Å²) in [5, 5.41) is 2.98. The molecule has 1 heterocycles. The molecule has 0 radical (unpaired) electrons. The number of likely N-dealkylation sites (tertiary alicyclic amines) is 1. The van der Waals surface area contributed by atoms with E-state index in [9.17, 15) is 4.79 Å². The van der Waals surface area contributed by atoms with E-state index in [1.807, 2.05) is 12.1 Å². The van der Waals surface area contributed by atoms with Gasteiger partial charge in [-0.1, -0.05) is 12.1 Å². The highest BCUT2D eigenvalue weighted by molar-refractivity contribution is 5.97. The first-order chi connectivity index (χ1) is 9.72. The van der Waals surface area contributed by atoms with E-state index in [4.69, 9.17) is 5.73 Å². The zero-order valence-electron chi connectivity index (χ0n) is 11.9. The molecule has 2 fully saturated rings. The molecule has 20 heavy (non-hydrogen) atoms. The van der Waals surface area contributed by atoms with Crippen molar-refractivity contribution in [2.24, 2.45) is 11.1 Å². The number of rotatable bonds is 5. The van der Waals surface area contributed by atoms with Crippen molar-refractivity contribution in [2.75, 3.05) is 25.0 Å². The second-order valence-corrected chi connectivity index (χ2v) is 6.12. The zero-order valence-corrected chi connectivity index (χ0v) is 11.9. The molecule has 0 aromatic heterocycles. The SMILES string of the molecule is NCC1(C(=O)Nc2ccc(CN3CCCC3)cc2)CC1. The van der Waals surface area contributed by atoms with Gasteiger partial charge in [-0.3, -0.25) is 9.69 Å². The van der Waals surface area contributed by atoms with Gasteiger partial charge in [0.25, 0.3) is 0 Å². The molecule has 2 aliphatic rings. The molecule has 0 atom stereocenters. The lowest BCUT2D eigenvalue weighted by Crippen LogP contribution is -2.30. The number of nitrogens with zero attached hydrogens (tertiary/aromatic N) is 1. The minimum absolute atomic E-state index is 0.0762. The molecule has 3 rings (SSSR count). The van der Waals surface area contributed by atoms with E-state index in [0.717, 1.165) is 25.1 Å². The minimum Gasteiger partial charge on any atom is -0.329 e. The van der Waals surface area contributed by atoms with Crippen LogP contribution in [0.25, 0.3) is 0 Å². The average Bonchev–Trinajstić information content (AvgIpc) is 3.12. The number of nitrogens with two attached hydrogens (primary N) is 1. The van der Waals surface area contributed by atoms with Crippen molar-refractivity contribution in [2.45, 2.75) is 32.2 Å². The molecule has 1 saturated carbocycles. The number of carbonyl (C=O) groups is 1. The number of anilines is 1. The van der Waals surface area contributed by atoms with Gasteiger partial charge in [-0.2, -0.15) is 0 Å². The Morgan fingerprint density at radius 1 is 1.20 bits per heavy atom. The summed E-state index contributed by atoms with van der Waals surface area (Å²) in [5.41, 5.74) is 7.57. The summed E-state index contributed by atoms with van der Waals surface area (Å²) in [7, 11) is 0.